The Hall–Kier alpha value is -1.25. The van der Waals surface area contributed by atoms with Crippen LogP contribution >= 0.6 is 0 Å². The zero-order valence-electron chi connectivity index (χ0n) is 8.21. The van der Waals surface area contributed by atoms with Gasteiger partial charge in [0.05, 0.1) is 11.4 Å². The van der Waals surface area contributed by atoms with E-state index in [1.165, 1.54) is 12.1 Å². The lowest BCUT2D eigenvalue weighted by molar-refractivity contribution is 0.628. The lowest BCUT2D eigenvalue weighted by Crippen LogP contribution is -2.26. The van der Waals surface area contributed by atoms with Crippen molar-refractivity contribution in [1.29, 1.82) is 0 Å². The molecule has 1 aromatic rings. The summed E-state index contributed by atoms with van der Waals surface area (Å²) in [6.45, 7) is 4.12. The molecule has 0 unspecified atom stereocenters. The van der Waals surface area contributed by atoms with Gasteiger partial charge in [-0.1, -0.05) is 0 Å². The summed E-state index contributed by atoms with van der Waals surface area (Å²) in [5.74, 6) is -0.293. The van der Waals surface area contributed by atoms with E-state index in [4.69, 9.17) is 5.73 Å². The summed E-state index contributed by atoms with van der Waals surface area (Å²) < 4.78 is 12.7. The predicted molar refractivity (Wildman–Crippen MR) is 54.4 cm³/mol. The number of halogens is 1. The highest BCUT2D eigenvalue weighted by Crippen LogP contribution is 2.23. The monoisotopic (exact) mass is 182 g/mol. The second-order valence-electron chi connectivity index (χ2n) is 3.41. The molecule has 0 aliphatic heterocycles. The maximum Gasteiger partial charge on any atom is 0.125 e. The molecule has 2 nitrogen and oxygen atoms in total. The summed E-state index contributed by atoms with van der Waals surface area (Å²) in [6.07, 6.45) is 0. The molecule has 0 saturated carbocycles. The van der Waals surface area contributed by atoms with E-state index in [1.54, 1.807) is 6.07 Å². The van der Waals surface area contributed by atoms with Crippen molar-refractivity contribution in [3.8, 4) is 0 Å². The minimum Gasteiger partial charge on any atom is -0.397 e. The Kier molecular flexibility index (Phi) is 2.76. The highest BCUT2D eigenvalue weighted by atomic mass is 19.1. The third kappa shape index (κ3) is 2.11. The van der Waals surface area contributed by atoms with Gasteiger partial charge in [0.25, 0.3) is 0 Å². The molecule has 72 valence electrons. The van der Waals surface area contributed by atoms with Crippen LogP contribution < -0.4 is 10.6 Å². The van der Waals surface area contributed by atoms with E-state index in [0.29, 0.717) is 11.7 Å². The SMILES string of the molecule is CC(C)N(C)c1ccc(F)cc1N. The van der Waals surface area contributed by atoms with Crippen molar-refractivity contribution in [2.75, 3.05) is 17.7 Å². The Morgan fingerprint density at radius 3 is 2.46 bits per heavy atom. The zero-order chi connectivity index (χ0) is 10.0. The predicted octanol–water partition coefficient (Wildman–Crippen LogP) is 2.25. The highest BCUT2D eigenvalue weighted by molar-refractivity contribution is 5.67. The van der Waals surface area contributed by atoms with Gasteiger partial charge >= 0.3 is 0 Å². The smallest absolute Gasteiger partial charge is 0.125 e. The van der Waals surface area contributed by atoms with Gasteiger partial charge in [0, 0.05) is 13.1 Å². The number of nitrogen functional groups attached to an aromatic ring is 1. The molecule has 1 rings (SSSR count). The van der Waals surface area contributed by atoms with Gasteiger partial charge < -0.3 is 10.6 Å². The van der Waals surface area contributed by atoms with E-state index >= 15 is 0 Å². The molecule has 0 fully saturated rings. The Labute approximate surface area is 78.2 Å². The van der Waals surface area contributed by atoms with E-state index in [-0.39, 0.29) is 5.82 Å². The highest BCUT2D eigenvalue weighted by Gasteiger charge is 2.08. The summed E-state index contributed by atoms with van der Waals surface area (Å²) in [5, 5.41) is 0. The van der Waals surface area contributed by atoms with Gasteiger partial charge in [0.2, 0.25) is 0 Å². The van der Waals surface area contributed by atoms with Crippen LogP contribution in [-0.4, -0.2) is 13.1 Å². The van der Waals surface area contributed by atoms with Crippen molar-refractivity contribution < 1.29 is 4.39 Å². The molecular weight excluding hydrogens is 167 g/mol. The van der Waals surface area contributed by atoms with Gasteiger partial charge in [-0.3, -0.25) is 0 Å². The van der Waals surface area contributed by atoms with Crippen molar-refractivity contribution in [3.05, 3.63) is 24.0 Å². The third-order valence-corrected chi connectivity index (χ3v) is 2.14. The second-order valence-corrected chi connectivity index (χ2v) is 3.41. The lowest BCUT2D eigenvalue weighted by atomic mass is 10.2. The van der Waals surface area contributed by atoms with Gasteiger partial charge in [-0.25, -0.2) is 4.39 Å². The number of nitrogens with zero attached hydrogens (tertiary/aromatic N) is 1. The number of benzene rings is 1. The topological polar surface area (TPSA) is 29.3 Å². The fraction of sp³-hybridized carbons (Fsp3) is 0.400. The van der Waals surface area contributed by atoms with Crippen LogP contribution in [0.2, 0.25) is 0 Å². The van der Waals surface area contributed by atoms with E-state index in [9.17, 15) is 4.39 Å². The fourth-order valence-corrected chi connectivity index (χ4v) is 1.12. The average Bonchev–Trinajstić information content (AvgIpc) is 2.03. The maximum atomic E-state index is 12.7. The molecule has 0 atom stereocenters. The molecule has 1 aromatic carbocycles. The number of hydrogen-bond acceptors (Lipinski definition) is 2. The van der Waals surface area contributed by atoms with E-state index in [2.05, 4.69) is 13.8 Å². The Morgan fingerprint density at radius 1 is 1.38 bits per heavy atom. The van der Waals surface area contributed by atoms with E-state index in [1.807, 2.05) is 11.9 Å². The second kappa shape index (κ2) is 3.64. The van der Waals surface area contributed by atoms with E-state index in [0.717, 1.165) is 5.69 Å². The van der Waals surface area contributed by atoms with Crippen LogP contribution in [0.15, 0.2) is 18.2 Å². The minimum atomic E-state index is -0.293. The van der Waals surface area contributed by atoms with Crippen molar-refractivity contribution in [3.63, 3.8) is 0 Å². The summed E-state index contributed by atoms with van der Waals surface area (Å²) in [6, 6.07) is 4.82. The van der Waals surface area contributed by atoms with Gasteiger partial charge in [-0.05, 0) is 32.0 Å². The normalized spacial score (nSPS) is 10.5. The molecule has 0 aliphatic rings. The first kappa shape index (κ1) is 9.84. The molecule has 0 heterocycles. The average molecular weight is 182 g/mol. The van der Waals surface area contributed by atoms with Crippen LogP contribution in [0, 0.1) is 5.82 Å². The Morgan fingerprint density at radius 2 is 2.00 bits per heavy atom. The Balaban J connectivity index is 3.01. The van der Waals surface area contributed by atoms with Crippen LogP contribution in [-0.2, 0) is 0 Å². The van der Waals surface area contributed by atoms with Crippen molar-refractivity contribution >= 4 is 11.4 Å². The van der Waals surface area contributed by atoms with E-state index < -0.39 is 0 Å². The largest absolute Gasteiger partial charge is 0.397 e. The molecule has 0 aliphatic carbocycles. The lowest BCUT2D eigenvalue weighted by Gasteiger charge is -2.25. The first-order valence-electron chi connectivity index (χ1n) is 4.30. The molecule has 2 N–H and O–H groups in total. The third-order valence-electron chi connectivity index (χ3n) is 2.14. The fourth-order valence-electron chi connectivity index (χ4n) is 1.12. The van der Waals surface area contributed by atoms with Crippen LogP contribution in [0.4, 0.5) is 15.8 Å². The van der Waals surface area contributed by atoms with Crippen LogP contribution in [0.3, 0.4) is 0 Å². The molecular formula is C10H15FN2. The molecule has 0 saturated heterocycles. The summed E-state index contributed by atoms with van der Waals surface area (Å²) in [5.41, 5.74) is 7.03. The van der Waals surface area contributed by atoms with Gasteiger partial charge in [-0.2, -0.15) is 0 Å². The van der Waals surface area contributed by atoms with Crippen molar-refractivity contribution in [2.24, 2.45) is 0 Å². The maximum absolute atomic E-state index is 12.7. The van der Waals surface area contributed by atoms with Crippen LogP contribution in [0.1, 0.15) is 13.8 Å². The number of nitrogens with two attached hydrogens (primary N) is 1. The van der Waals surface area contributed by atoms with Crippen molar-refractivity contribution in [2.45, 2.75) is 19.9 Å². The van der Waals surface area contributed by atoms with Gasteiger partial charge in [0.15, 0.2) is 0 Å². The number of hydrogen-bond donors (Lipinski definition) is 1. The Bertz CT molecular complexity index is 297. The molecule has 0 radical (unpaired) electrons. The summed E-state index contributed by atoms with van der Waals surface area (Å²) >= 11 is 0. The molecule has 0 spiro atoms. The first-order valence-corrected chi connectivity index (χ1v) is 4.30. The first-order chi connectivity index (χ1) is 6.02. The molecule has 0 bridgehead atoms. The van der Waals surface area contributed by atoms with Gasteiger partial charge in [0.1, 0.15) is 5.82 Å². The molecule has 3 heteroatoms. The molecule has 0 aromatic heterocycles. The summed E-state index contributed by atoms with van der Waals surface area (Å²) in [4.78, 5) is 2.01. The standard InChI is InChI=1S/C10H15FN2/c1-7(2)13(3)10-5-4-8(11)6-9(10)12/h4-7H,12H2,1-3H3. The molecule has 13 heavy (non-hydrogen) atoms. The van der Waals surface area contributed by atoms with Crippen LogP contribution in [0.5, 0.6) is 0 Å². The number of anilines is 2. The minimum absolute atomic E-state index is 0.293. The zero-order valence-corrected chi connectivity index (χ0v) is 8.21. The van der Waals surface area contributed by atoms with Gasteiger partial charge in [-0.15, -0.1) is 0 Å². The summed E-state index contributed by atoms with van der Waals surface area (Å²) in [7, 11) is 1.94. The quantitative estimate of drug-likeness (QED) is 0.711. The van der Waals surface area contributed by atoms with Crippen molar-refractivity contribution in [1.82, 2.24) is 0 Å². The molecule has 0 amide bonds. The van der Waals surface area contributed by atoms with Crippen LogP contribution in [0.25, 0.3) is 0 Å². The number of rotatable bonds is 2.